The van der Waals surface area contributed by atoms with E-state index in [9.17, 15) is 4.79 Å². The fraction of sp³-hybridized carbons (Fsp3) is 0.235. The van der Waals surface area contributed by atoms with Crippen LogP contribution in [0.15, 0.2) is 45.3 Å². The zero-order valence-corrected chi connectivity index (χ0v) is 15.7. The van der Waals surface area contributed by atoms with Crippen molar-refractivity contribution in [3.63, 3.8) is 0 Å². The third kappa shape index (κ3) is 4.34. The summed E-state index contributed by atoms with van der Waals surface area (Å²) in [6.07, 6.45) is -0.710. The highest BCUT2D eigenvalue weighted by Crippen LogP contribution is 2.29. The Kier molecular flexibility index (Phi) is 5.64. The molecule has 2 rings (SSSR count). The molecule has 0 spiro atoms. The molecule has 0 aromatic heterocycles. The second-order valence-corrected chi connectivity index (χ2v) is 6.79. The average molecular weight is 428 g/mol. The van der Waals surface area contributed by atoms with Crippen molar-refractivity contribution >= 4 is 37.8 Å². The van der Waals surface area contributed by atoms with Crippen LogP contribution in [0.4, 0.5) is 0 Å². The Morgan fingerprint density at radius 3 is 2.36 bits per heavy atom. The molecule has 22 heavy (non-hydrogen) atoms. The van der Waals surface area contributed by atoms with Gasteiger partial charge in [-0.05, 0) is 66.5 Å². The second kappa shape index (κ2) is 7.29. The molecule has 0 amide bonds. The van der Waals surface area contributed by atoms with Crippen LogP contribution in [0.3, 0.4) is 0 Å². The Bertz CT molecular complexity index is 698. The van der Waals surface area contributed by atoms with Gasteiger partial charge < -0.3 is 9.47 Å². The quantitative estimate of drug-likeness (QED) is 0.496. The van der Waals surface area contributed by atoms with Crippen LogP contribution in [0.1, 0.15) is 18.1 Å². The first kappa shape index (κ1) is 17.0. The predicted octanol–water partition coefficient (Wildman–Crippen LogP) is 5.20. The molecule has 2 aromatic carbocycles. The summed E-state index contributed by atoms with van der Waals surface area (Å²) >= 11 is 6.78. The number of aryl methyl sites for hydroxylation is 2. The lowest BCUT2D eigenvalue weighted by Crippen LogP contribution is -2.28. The van der Waals surface area contributed by atoms with Gasteiger partial charge in [-0.2, -0.15) is 0 Å². The van der Waals surface area contributed by atoms with Crippen molar-refractivity contribution in [1.82, 2.24) is 0 Å². The van der Waals surface area contributed by atoms with E-state index >= 15 is 0 Å². The lowest BCUT2D eigenvalue weighted by atomic mass is 10.1. The summed E-state index contributed by atoms with van der Waals surface area (Å²) < 4.78 is 12.8. The maximum Gasteiger partial charge on any atom is 0.352 e. The van der Waals surface area contributed by atoms with E-state index in [0.717, 1.165) is 20.1 Å². The van der Waals surface area contributed by atoms with Crippen LogP contribution in [-0.2, 0) is 4.79 Å². The third-order valence-corrected chi connectivity index (χ3v) is 4.18. The number of carbonyl (C=O) groups is 1. The zero-order chi connectivity index (χ0) is 16.3. The first-order chi connectivity index (χ1) is 10.4. The Morgan fingerprint density at radius 2 is 1.73 bits per heavy atom. The summed E-state index contributed by atoms with van der Waals surface area (Å²) in [6.45, 7) is 5.57. The fourth-order valence-electron chi connectivity index (χ4n) is 1.91. The molecule has 5 heteroatoms. The van der Waals surface area contributed by atoms with E-state index in [1.807, 2.05) is 38.1 Å². The van der Waals surface area contributed by atoms with Crippen LogP contribution in [0.5, 0.6) is 11.5 Å². The van der Waals surface area contributed by atoms with E-state index in [4.69, 9.17) is 9.47 Å². The van der Waals surface area contributed by atoms with Crippen LogP contribution < -0.4 is 9.47 Å². The van der Waals surface area contributed by atoms with Crippen LogP contribution in [-0.4, -0.2) is 12.1 Å². The summed E-state index contributed by atoms with van der Waals surface area (Å²) in [5.74, 6) is 0.718. The molecule has 0 saturated carbocycles. The van der Waals surface area contributed by atoms with E-state index in [1.165, 1.54) is 0 Å². The van der Waals surface area contributed by atoms with Crippen LogP contribution >= 0.6 is 31.9 Å². The summed E-state index contributed by atoms with van der Waals surface area (Å²) in [4.78, 5) is 12.2. The van der Waals surface area contributed by atoms with E-state index in [1.54, 1.807) is 19.1 Å². The minimum atomic E-state index is -0.710. The van der Waals surface area contributed by atoms with Gasteiger partial charge >= 0.3 is 5.97 Å². The largest absolute Gasteiger partial charge is 0.478 e. The molecule has 3 nitrogen and oxygen atoms in total. The number of hydrogen-bond acceptors (Lipinski definition) is 3. The highest BCUT2D eigenvalue weighted by molar-refractivity contribution is 9.11. The number of hydrogen-bond donors (Lipinski definition) is 0. The summed E-state index contributed by atoms with van der Waals surface area (Å²) in [6, 6.07) is 11.2. The molecule has 0 fully saturated rings. The molecule has 0 aliphatic heterocycles. The Labute approximate surface area is 146 Å². The van der Waals surface area contributed by atoms with Crippen molar-refractivity contribution in [3.8, 4) is 11.5 Å². The molecule has 0 heterocycles. The fourth-order valence-corrected chi connectivity index (χ4v) is 3.06. The van der Waals surface area contributed by atoms with Crippen molar-refractivity contribution in [1.29, 1.82) is 0 Å². The topological polar surface area (TPSA) is 35.5 Å². The first-order valence-corrected chi connectivity index (χ1v) is 8.36. The normalized spacial score (nSPS) is 11.9. The predicted molar refractivity (Wildman–Crippen MR) is 93.5 cm³/mol. The number of halogens is 2. The van der Waals surface area contributed by atoms with Gasteiger partial charge in [0.1, 0.15) is 11.5 Å². The Balaban J connectivity index is 2.05. The molecule has 0 N–H and O–H groups in total. The molecule has 0 bridgehead atoms. The van der Waals surface area contributed by atoms with Crippen molar-refractivity contribution in [2.24, 2.45) is 0 Å². The van der Waals surface area contributed by atoms with Gasteiger partial charge in [0, 0.05) is 4.47 Å². The maximum absolute atomic E-state index is 12.2. The van der Waals surface area contributed by atoms with Crippen molar-refractivity contribution in [2.45, 2.75) is 26.9 Å². The van der Waals surface area contributed by atoms with Gasteiger partial charge in [-0.1, -0.05) is 33.6 Å². The van der Waals surface area contributed by atoms with Gasteiger partial charge in [-0.3, -0.25) is 0 Å². The number of benzene rings is 2. The highest BCUT2D eigenvalue weighted by Gasteiger charge is 2.19. The molecule has 0 radical (unpaired) electrons. The van der Waals surface area contributed by atoms with E-state index in [-0.39, 0.29) is 0 Å². The molecule has 116 valence electrons. The summed E-state index contributed by atoms with van der Waals surface area (Å²) in [7, 11) is 0. The SMILES string of the molecule is Cc1ccc(OC(=O)[C@@H](C)Oc2ccc(Br)cc2Br)c(C)c1. The third-order valence-electron chi connectivity index (χ3n) is 3.07. The lowest BCUT2D eigenvalue weighted by Gasteiger charge is -2.16. The van der Waals surface area contributed by atoms with Gasteiger partial charge in [-0.25, -0.2) is 4.79 Å². The molecule has 0 unspecified atom stereocenters. The summed E-state index contributed by atoms with van der Waals surface area (Å²) in [5, 5.41) is 0. The summed E-state index contributed by atoms with van der Waals surface area (Å²) in [5.41, 5.74) is 2.05. The minimum absolute atomic E-state index is 0.429. The van der Waals surface area contributed by atoms with Gasteiger partial charge in [0.25, 0.3) is 0 Å². The molecule has 0 saturated heterocycles. The standard InChI is InChI=1S/C17H16Br2O3/c1-10-4-6-15(11(2)8-10)22-17(20)12(3)21-16-7-5-13(18)9-14(16)19/h4-9,12H,1-3H3/t12-/m1/s1. The monoisotopic (exact) mass is 426 g/mol. The maximum atomic E-state index is 12.2. The Hall–Kier alpha value is -1.33. The van der Waals surface area contributed by atoms with Crippen molar-refractivity contribution in [3.05, 3.63) is 56.5 Å². The molecule has 2 aromatic rings. The second-order valence-electron chi connectivity index (χ2n) is 5.02. The van der Waals surface area contributed by atoms with Crippen LogP contribution in [0, 0.1) is 13.8 Å². The van der Waals surface area contributed by atoms with Crippen molar-refractivity contribution in [2.75, 3.05) is 0 Å². The first-order valence-electron chi connectivity index (χ1n) is 6.77. The molecular formula is C17H16Br2O3. The minimum Gasteiger partial charge on any atom is -0.478 e. The number of ether oxygens (including phenoxy) is 2. The number of rotatable bonds is 4. The van der Waals surface area contributed by atoms with Gasteiger partial charge in [-0.15, -0.1) is 0 Å². The smallest absolute Gasteiger partial charge is 0.352 e. The van der Waals surface area contributed by atoms with E-state index in [0.29, 0.717) is 11.5 Å². The zero-order valence-electron chi connectivity index (χ0n) is 12.5. The molecule has 0 aliphatic rings. The number of carbonyl (C=O) groups excluding carboxylic acids is 1. The van der Waals surface area contributed by atoms with Gasteiger partial charge in [0.05, 0.1) is 4.47 Å². The average Bonchev–Trinajstić information content (AvgIpc) is 2.44. The molecular weight excluding hydrogens is 412 g/mol. The van der Waals surface area contributed by atoms with E-state index in [2.05, 4.69) is 31.9 Å². The van der Waals surface area contributed by atoms with Crippen LogP contribution in [0.2, 0.25) is 0 Å². The van der Waals surface area contributed by atoms with Crippen LogP contribution in [0.25, 0.3) is 0 Å². The lowest BCUT2D eigenvalue weighted by molar-refractivity contribution is -0.141. The van der Waals surface area contributed by atoms with Gasteiger partial charge in [0.15, 0.2) is 6.10 Å². The van der Waals surface area contributed by atoms with Crippen molar-refractivity contribution < 1.29 is 14.3 Å². The molecule has 1 atom stereocenters. The highest BCUT2D eigenvalue weighted by atomic mass is 79.9. The number of esters is 1. The Morgan fingerprint density at radius 1 is 1.05 bits per heavy atom. The van der Waals surface area contributed by atoms with E-state index < -0.39 is 12.1 Å². The molecule has 0 aliphatic carbocycles. The van der Waals surface area contributed by atoms with Gasteiger partial charge in [0.2, 0.25) is 0 Å².